The predicted octanol–water partition coefficient (Wildman–Crippen LogP) is 5.46. The summed E-state index contributed by atoms with van der Waals surface area (Å²) >= 11 is 5.88. The quantitative estimate of drug-likeness (QED) is 0.250. The summed E-state index contributed by atoms with van der Waals surface area (Å²) in [5.41, 5.74) is 4.50. The zero-order chi connectivity index (χ0) is 27.3. The first-order chi connectivity index (χ1) is 19.7. The van der Waals surface area contributed by atoms with E-state index in [4.69, 9.17) is 17.0 Å². The Labute approximate surface area is 237 Å². The van der Waals surface area contributed by atoms with Crippen LogP contribution < -0.4 is 20.3 Å². The van der Waals surface area contributed by atoms with E-state index in [1.807, 2.05) is 97.2 Å². The van der Waals surface area contributed by atoms with Gasteiger partial charge in [-0.3, -0.25) is 14.8 Å². The molecule has 0 spiro atoms. The highest BCUT2D eigenvalue weighted by Crippen LogP contribution is 2.42. The molecule has 0 unspecified atom stereocenters. The summed E-state index contributed by atoms with van der Waals surface area (Å²) in [5.74, 6) is 0.409. The Hall–Kier alpha value is -5.02. The third-order valence-electron chi connectivity index (χ3n) is 6.66. The summed E-state index contributed by atoms with van der Waals surface area (Å²) in [4.78, 5) is 23.4. The highest BCUT2D eigenvalue weighted by Gasteiger charge is 2.42. The molecule has 5 aromatic rings. The van der Waals surface area contributed by atoms with Crippen molar-refractivity contribution >= 4 is 34.6 Å². The van der Waals surface area contributed by atoms with E-state index in [0.717, 1.165) is 22.8 Å². The molecule has 4 heterocycles. The number of thiocarbonyl (C=S) groups is 1. The van der Waals surface area contributed by atoms with Crippen molar-refractivity contribution in [2.45, 2.75) is 12.1 Å². The molecule has 1 fully saturated rings. The third-order valence-corrected chi connectivity index (χ3v) is 6.98. The average molecular weight is 547 g/mol. The number of benzene rings is 2. The van der Waals surface area contributed by atoms with Crippen molar-refractivity contribution < 1.29 is 9.53 Å². The van der Waals surface area contributed by atoms with Crippen molar-refractivity contribution in [3.8, 4) is 11.4 Å². The average Bonchev–Trinajstić information content (AvgIpc) is 3.62. The lowest BCUT2D eigenvalue weighted by atomic mass is 10.0. The zero-order valence-electron chi connectivity index (χ0n) is 21.4. The Morgan fingerprint density at radius 2 is 1.65 bits per heavy atom. The van der Waals surface area contributed by atoms with Gasteiger partial charge in [0, 0.05) is 47.5 Å². The molecule has 0 bridgehead atoms. The normalized spacial score (nSPS) is 16.4. The van der Waals surface area contributed by atoms with E-state index in [2.05, 4.69) is 36.1 Å². The highest BCUT2D eigenvalue weighted by atomic mass is 32.1. The van der Waals surface area contributed by atoms with Crippen LogP contribution in [0.3, 0.4) is 0 Å². The molecule has 0 aliphatic carbocycles. The molecule has 0 saturated carbocycles. The summed E-state index contributed by atoms with van der Waals surface area (Å²) in [6.07, 6.45) is 7.39. The van der Waals surface area contributed by atoms with Gasteiger partial charge in [-0.05, 0) is 85.0 Å². The summed E-state index contributed by atoms with van der Waals surface area (Å²) in [6, 6.07) is 30.5. The molecule has 40 heavy (non-hydrogen) atoms. The van der Waals surface area contributed by atoms with Crippen molar-refractivity contribution in [3.05, 3.63) is 133 Å². The fraction of sp³-hybridized carbons (Fsp3) is 0.0968. The number of nitrogens with zero attached hydrogens (tertiary/aromatic N) is 4. The highest BCUT2D eigenvalue weighted by molar-refractivity contribution is 7.80. The van der Waals surface area contributed by atoms with Crippen LogP contribution in [0, 0.1) is 0 Å². The molecule has 8 nitrogen and oxygen atoms in total. The van der Waals surface area contributed by atoms with Crippen LogP contribution in [-0.2, 0) is 4.79 Å². The number of aromatic nitrogens is 3. The minimum atomic E-state index is -0.238. The largest absolute Gasteiger partial charge is 0.484 e. The van der Waals surface area contributed by atoms with E-state index in [0.29, 0.717) is 16.5 Å². The number of para-hydroxylation sites is 1. The molecule has 0 radical (unpaired) electrons. The Bertz CT molecular complexity index is 1590. The number of rotatable bonds is 8. The monoisotopic (exact) mass is 546 g/mol. The first kappa shape index (κ1) is 25.3. The van der Waals surface area contributed by atoms with E-state index >= 15 is 0 Å². The summed E-state index contributed by atoms with van der Waals surface area (Å²) in [5, 5.41) is 6.99. The minimum Gasteiger partial charge on any atom is -0.484 e. The van der Waals surface area contributed by atoms with Gasteiger partial charge in [0.15, 0.2) is 11.7 Å². The lowest BCUT2D eigenvalue weighted by Gasteiger charge is -2.29. The fourth-order valence-electron chi connectivity index (χ4n) is 4.88. The fourth-order valence-corrected chi connectivity index (χ4v) is 5.22. The van der Waals surface area contributed by atoms with Crippen LogP contribution in [0.25, 0.3) is 5.69 Å². The van der Waals surface area contributed by atoms with Crippen LogP contribution in [-0.4, -0.2) is 32.2 Å². The van der Waals surface area contributed by atoms with Crippen molar-refractivity contribution in [1.82, 2.24) is 19.9 Å². The Kier molecular flexibility index (Phi) is 7.19. The maximum Gasteiger partial charge on any atom is 0.262 e. The Morgan fingerprint density at radius 3 is 2.40 bits per heavy atom. The molecule has 1 aliphatic rings. The molecule has 9 heteroatoms. The molecule has 3 aromatic heterocycles. The second-order valence-electron chi connectivity index (χ2n) is 9.20. The number of nitrogens with one attached hydrogen (secondary N) is 2. The molecule has 198 valence electrons. The Morgan fingerprint density at radius 1 is 0.875 bits per heavy atom. The molecule has 6 rings (SSSR count). The SMILES string of the molecule is O=C(COc1ccccc1)Nc1ccc(N2C(=S)N[C@H](c3ccccn3)[C@H]2c2cccn2-c2ccncc2)cc1. The van der Waals surface area contributed by atoms with Gasteiger partial charge in [-0.2, -0.15) is 0 Å². The standard InChI is InChI=1S/C31H26N6O2S/c38-28(21-39-25-7-2-1-3-8-25)34-22-11-13-24(14-12-22)37-30(29(35-31(37)40)26-9-4-5-17-33-26)27-10-6-20-36(27)23-15-18-32-19-16-23/h1-20,29-30H,21H2,(H,34,38)(H,35,40)/t29-,30-/m1/s1. The van der Waals surface area contributed by atoms with Crippen LogP contribution in [0.2, 0.25) is 0 Å². The predicted molar refractivity (Wildman–Crippen MR) is 159 cm³/mol. The van der Waals surface area contributed by atoms with Gasteiger partial charge in [0.2, 0.25) is 0 Å². The van der Waals surface area contributed by atoms with Gasteiger partial charge >= 0.3 is 0 Å². The van der Waals surface area contributed by atoms with Gasteiger partial charge in [-0.15, -0.1) is 0 Å². The first-order valence-electron chi connectivity index (χ1n) is 12.8. The van der Waals surface area contributed by atoms with Crippen LogP contribution >= 0.6 is 12.2 Å². The molecular formula is C31H26N6O2S. The molecule has 2 atom stereocenters. The Balaban J connectivity index is 1.27. The topological polar surface area (TPSA) is 84.3 Å². The van der Waals surface area contributed by atoms with Gasteiger partial charge in [0.25, 0.3) is 5.91 Å². The van der Waals surface area contributed by atoms with Crippen LogP contribution in [0.1, 0.15) is 23.5 Å². The summed E-state index contributed by atoms with van der Waals surface area (Å²) in [6.45, 7) is -0.0777. The van der Waals surface area contributed by atoms with Crippen LogP contribution in [0.15, 0.2) is 122 Å². The number of amides is 1. The summed E-state index contributed by atoms with van der Waals surface area (Å²) < 4.78 is 7.70. The van der Waals surface area contributed by atoms with Gasteiger partial charge in [-0.1, -0.05) is 24.3 Å². The zero-order valence-corrected chi connectivity index (χ0v) is 22.2. The number of pyridine rings is 2. The van der Waals surface area contributed by atoms with E-state index < -0.39 is 0 Å². The van der Waals surface area contributed by atoms with Crippen molar-refractivity contribution in [2.24, 2.45) is 0 Å². The molecule has 2 N–H and O–H groups in total. The number of hydrogen-bond acceptors (Lipinski definition) is 5. The van der Waals surface area contributed by atoms with Gasteiger partial charge in [0.05, 0.1) is 11.7 Å². The minimum absolute atomic E-state index is 0.0777. The van der Waals surface area contributed by atoms with E-state index in [9.17, 15) is 4.79 Å². The third kappa shape index (κ3) is 5.27. The van der Waals surface area contributed by atoms with E-state index in [-0.39, 0.29) is 24.6 Å². The second-order valence-corrected chi connectivity index (χ2v) is 9.59. The van der Waals surface area contributed by atoms with Gasteiger partial charge < -0.3 is 24.8 Å². The molecule has 1 aliphatic heterocycles. The van der Waals surface area contributed by atoms with E-state index in [1.54, 1.807) is 18.6 Å². The van der Waals surface area contributed by atoms with Gasteiger partial charge in [-0.25, -0.2) is 0 Å². The molecule has 1 amide bonds. The smallest absolute Gasteiger partial charge is 0.262 e. The van der Waals surface area contributed by atoms with Crippen LogP contribution in [0.5, 0.6) is 5.75 Å². The number of carbonyl (C=O) groups is 1. The lowest BCUT2D eigenvalue weighted by molar-refractivity contribution is -0.118. The molecule has 2 aromatic carbocycles. The van der Waals surface area contributed by atoms with Crippen LogP contribution in [0.4, 0.5) is 11.4 Å². The first-order valence-corrected chi connectivity index (χ1v) is 13.2. The molecular weight excluding hydrogens is 520 g/mol. The number of hydrogen-bond donors (Lipinski definition) is 2. The van der Waals surface area contributed by atoms with Crippen molar-refractivity contribution in [3.63, 3.8) is 0 Å². The maximum absolute atomic E-state index is 12.5. The summed E-state index contributed by atoms with van der Waals surface area (Å²) in [7, 11) is 0. The number of carbonyl (C=O) groups excluding carboxylic acids is 1. The second kappa shape index (κ2) is 11.4. The lowest BCUT2D eigenvalue weighted by Crippen LogP contribution is -2.30. The van der Waals surface area contributed by atoms with Crippen molar-refractivity contribution in [1.29, 1.82) is 0 Å². The van der Waals surface area contributed by atoms with E-state index in [1.165, 1.54) is 0 Å². The van der Waals surface area contributed by atoms with Crippen molar-refractivity contribution in [2.75, 3.05) is 16.8 Å². The molecule has 1 saturated heterocycles. The number of anilines is 2. The number of ether oxygens (including phenoxy) is 1. The maximum atomic E-state index is 12.5. The van der Waals surface area contributed by atoms with Gasteiger partial charge in [0.1, 0.15) is 11.8 Å².